The number of hydrogen-bond donors (Lipinski definition) is 1. The van der Waals surface area contributed by atoms with Crippen LogP contribution in [0.5, 0.6) is 0 Å². The van der Waals surface area contributed by atoms with E-state index in [0.29, 0.717) is 31.1 Å². The number of hydrogen-bond acceptors (Lipinski definition) is 8. The second kappa shape index (κ2) is 11.6. The molecule has 7 nitrogen and oxygen atoms in total. The number of anilines is 1. The monoisotopic (exact) mass is 578 g/mol. The highest BCUT2D eigenvalue weighted by atomic mass is 32.2. The first-order valence-electron chi connectivity index (χ1n) is 11.7. The zero-order valence-electron chi connectivity index (χ0n) is 20.2. The van der Waals surface area contributed by atoms with E-state index < -0.39 is 0 Å². The van der Waals surface area contributed by atoms with Crippen molar-refractivity contribution in [1.82, 2.24) is 14.5 Å². The van der Waals surface area contributed by atoms with E-state index in [-0.39, 0.29) is 36.4 Å². The third-order valence-corrected chi connectivity index (χ3v) is 8.82. The van der Waals surface area contributed by atoms with Crippen LogP contribution in [0.1, 0.15) is 21.7 Å². The lowest BCUT2D eigenvalue weighted by molar-refractivity contribution is -0.122. The van der Waals surface area contributed by atoms with Gasteiger partial charge in [0.25, 0.3) is 5.91 Å². The molecule has 1 N–H and O–H groups in total. The summed E-state index contributed by atoms with van der Waals surface area (Å²) in [5.74, 6) is -0.525. The number of nitrogens with one attached hydrogen (secondary N) is 1. The third-order valence-electron chi connectivity index (χ3n) is 5.69. The number of benzene rings is 2. The summed E-state index contributed by atoms with van der Waals surface area (Å²) in [5.41, 5.74) is 3.13. The van der Waals surface area contributed by atoms with Crippen molar-refractivity contribution in [3.8, 4) is 0 Å². The van der Waals surface area contributed by atoms with Crippen LogP contribution >= 0.6 is 47.1 Å². The predicted octanol–water partition coefficient (Wildman–Crippen LogP) is 6.07. The second-order valence-electron chi connectivity index (χ2n) is 8.41. The van der Waals surface area contributed by atoms with Gasteiger partial charge < -0.3 is 5.32 Å². The molecule has 11 heteroatoms. The molecule has 38 heavy (non-hydrogen) atoms. The summed E-state index contributed by atoms with van der Waals surface area (Å²) in [4.78, 5) is 46.5. The lowest BCUT2D eigenvalue weighted by atomic mass is 10.2. The van der Waals surface area contributed by atoms with E-state index in [1.54, 1.807) is 11.3 Å². The van der Waals surface area contributed by atoms with Gasteiger partial charge in [-0.15, -0.1) is 11.3 Å². The van der Waals surface area contributed by atoms with Crippen molar-refractivity contribution in [1.29, 1.82) is 0 Å². The Hall–Kier alpha value is -3.25. The number of aromatic nitrogens is 2. The average Bonchev–Trinajstić information content (AvgIpc) is 3.61. The van der Waals surface area contributed by atoms with Gasteiger partial charge in [0.2, 0.25) is 11.8 Å². The molecule has 4 aromatic rings. The summed E-state index contributed by atoms with van der Waals surface area (Å²) in [6.45, 7) is 2.14. The Balaban J connectivity index is 1.28. The Morgan fingerprint density at radius 3 is 2.66 bits per heavy atom. The highest BCUT2D eigenvalue weighted by molar-refractivity contribution is 8.26. The zero-order chi connectivity index (χ0) is 26.6. The molecule has 3 heterocycles. The van der Waals surface area contributed by atoms with Crippen molar-refractivity contribution in [2.24, 2.45) is 0 Å². The third kappa shape index (κ3) is 5.91. The average molecular weight is 579 g/mol. The molecule has 2 amide bonds. The van der Waals surface area contributed by atoms with Crippen LogP contribution < -0.4 is 5.32 Å². The lowest BCUT2D eigenvalue weighted by Crippen LogP contribution is -2.31. The fraction of sp³-hybridized carbons (Fsp3) is 0.148. The number of imidazole rings is 1. The number of aryl methyl sites for hydroxylation is 1. The number of amides is 2. The minimum absolute atomic E-state index is 0.0577. The number of rotatable bonds is 8. The number of thiophene rings is 1. The van der Waals surface area contributed by atoms with E-state index >= 15 is 0 Å². The SMILES string of the molecule is Cc1ccc(NC(=O)CSc2nc3ccccc3n2C(=O)CCN2C(=O)/C(=C/c3cccs3)SC2=S)cc1. The van der Waals surface area contributed by atoms with Gasteiger partial charge in [0, 0.05) is 23.5 Å². The Bertz CT molecular complexity index is 1560. The number of para-hydroxylation sites is 2. The van der Waals surface area contributed by atoms with E-state index in [1.165, 1.54) is 33.0 Å². The molecule has 1 aliphatic heterocycles. The summed E-state index contributed by atoms with van der Waals surface area (Å²) in [6, 6.07) is 18.7. The van der Waals surface area contributed by atoms with Gasteiger partial charge in [0.15, 0.2) is 5.16 Å². The van der Waals surface area contributed by atoms with Gasteiger partial charge >= 0.3 is 0 Å². The summed E-state index contributed by atoms with van der Waals surface area (Å²) >= 11 is 9.41. The molecule has 1 aliphatic rings. The fourth-order valence-corrected chi connectivity index (χ4v) is 6.68. The van der Waals surface area contributed by atoms with Crippen LogP contribution in [0.2, 0.25) is 0 Å². The molecular formula is C27H22N4O3S4. The minimum atomic E-state index is -0.226. The summed E-state index contributed by atoms with van der Waals surface area (Å²) in [5, 5.41) is 5.24. The highest BCUT2D eigenvalue weighted by Gasteiger charge is 2.32. The van der Waals surface area contributed by atoms with Gasteiger partial charge in [-0.3, -0.25) is 23.9 Å². The Morgan fingerprint density at radius 1 is 1.11 bits per heavy atom. The molecule has 2 aromatic heterocycles. The molecule has 0 atom stereocenters. The smallest absolute Gasteiger partial charge is 0.266 e. The molecule has 0 aliphatic carbocycles. The Labute approximate surface area is 237 Å². The summed E-state index contributed by atoms with van der Waals surface area (Å²) < 4.78 is 1.96. The maximum atomic E-state index is 13.4. The van der Waals surface area contributed by atoms with Gasteiger partial charge in [-0.2, -0.15) is 0 Å². The zero-order valence-corrected chi connectivity index (χ0v) is 23.5. The largest absolute Gasteiger partial charge is 0.325 e. The van der Waals surface area contributed by atoms with Crippen molar-refractivity contribution in [2.75, 3.05) is 17.6 Å². The quantitative estimate of drug-likeness (QED) is 0.154. The van der Waals surface area contributed by atoms with Crippen molar-refractivity contribution in [2.45, 2.75) is 18.5 Å². The number of fused-ring (bicyclic) bond motifs is 1. The number of thioether (sulfide) groups is 2. The maximum Gasteiger partial charge on any atom is 0.266 e. The first-order chi connectivity index (χ1) is 18.4. The fourth-order valence-electron chi connectivity index (χ4n) is 3.82. The molecule has 1 saturated heterocycles. The lowest BCUT2D eigenvalue weighted by Gasteiger charge is -2.14. The van der Waals surface area contributed by atoms with Gasteiger partial charge in [-0.05, 0) is 48.7 Å². The van der Waals surface area contributed by atoms with E-state index in [9.17, 15) is 14.4 Å². The van der Waals surface area contributed by atoms with Crippen molar-refractivity contribution in [3.05, 3.63) is 81.4 Å². The van der Waals surface area contributed by atoms with Crippen LogP contribution in [-0.4, -0.2) is 48.8 Å². The van der Waals surface area contributed by atoms with Crippen molar-refractivity contribution >= 4 is 91.9 Å². The second-order valence-corrected chi connectivity index (χ2v) is 12.0. The standard InChI is InChI=1S/C27H22N4O3S4/c1-17-8-10-18(11-9-17)28-23(32)16-37-26-29-20-6-2-3-7-21(20)31(26)24(33)12-13-30-25(34)22(38-27(30)35)15-19-5-4-14-36-19/h2-11,14-15H,12-13,16H2,1H3,(H,28,32)/b22-15-. The molecule has 0 bridgehead atoms. The van der Waals surface area contributed by atoms with E-state index in [4.69, 9.17) is 12.2 Å². The van der Waals surface area contributed by atoms with E-state index in [2.05, 4.69) is 10.3 Å². The number of nitrogens with zero attached hydrogens (tertiary/aromatic N) is 3. The van der Waals surface area contributed by atoms with Crippen LogP contribution in [0.3, 0.4) is 0 Å². The van der Waals surface area contributed by atoms with E-state index in [1.807, 2.05) is 79.0 Å². The molecule has 1 fully saturated rings. The summed E-state index contributed by atoms with van der Waals surface area (Å²) in [6.07, 6.45) is 1.88. The van der Waals surface area contributed by atoms with Gasteiger partial charge in [-0.1, -0.05) is 71.6 Å². The van der Waals surface area contributed by atoms with E-state index in [0.717, 1.165) is 10.4 Å². The van der Waals surface area contributed by atoms with Crippen molar-refractivity contribution < 1.29 is 14.4 Å². The van der Waals surface area contributed by atoms with Crippen LogP contribution in [0.15, 0.2) is 76.1 Å². The first kappa shape index (κ1) is 26.4. The highest BCUT2D eigenvalue weighted by Crippen LogP contribution is 2.33. The van der Waals surface area contributed by atoms with Gasteiger partial charge in [0.05, 0.1) is 21.7 Å². The molecule has 0 saturated carbocycles. The van der Waals surface area contributed by atoms with Crippen LogP contribution in [0.25, 0.3) is 17.1 Å². The van der Waals surface area contributed by atoms with Crippen molar-refractivity contribution in [3.63, 3.8) is 0 Å². The van der Waals surface area contributed by atoms with Crippen LogP contribution in [0, 0.1) is 6.92 Å². The Kier molecular flexibility index (Phi) is 8.08. The molecule has 0 radical (unpaired) electrons. The number of carbonyl (C=O) groups is 3. The molecule has 0 unspecified atom stereocenters. The normalized spacial score (nSPS) is 14.6. The molecule has 2 aromatic carbocycles. The molecule has 0 spiro atoms. The number of carbonyl (C=O) groups excluding carboxylic acids is 3. The van der Waals surface area contributed by atoms with Crippen LogP contribution in [-0.2, 0) is 9.59 Å². The summed E-state index contributed by atoms with van der Waals surface area (Å²) in [7, 11) is 0. The van der Waals surface area contributed by atoms with Crippen LogP contribution in [0.4, 0.5) is 5.69 Å². The minimum Gasteiger partial charge on any atom is -0.325 e. The predicted molar refractivity (Wildman–Crippen MR) is 160 cm³/mol. The molecule has 5 rings (SSSR count). The maximum absolute atomic E-state index is 13.4. The Morgan fingerprint density at radius 2 is 1.89 bits per heavy atom. The topological polar surface area (TPSA) is 84.3 Å². The molecule has 192 valence electrons. The van der Waals surface area contributed by atoms with Gasteiger partial charge in [0.1, 0.15) is 4.32 Å². The first-order valence-corrected chi connectivity index (χ1v) is 14.8. The van der Waals surface area contributed by atoms with Gasteiger partial charge in [-0.25, -0.2) is 4.98 Å². The number of thiocarbonyl (C=S) groups is 1. The molecular weight excluding hydrogens is 557 g/mol.